The summed E-state index contributed by atoms with van der Waals surface area (Å²) in [4.78, 5) is 0. The SMILES string of the molecule is C=C(CCN)c1[nH]ncc1Br. The van der Waals surface area contributed by atoms with Crippen molar-refractivity contribution in [3.05, 3.63) is 22.9 Å². The van der Waals surface area contributed by atoms with Crippen molar-refractivity contribution in [2.24, 2.45) is 5.73 Å². The normalized spacial score (nSPS) is 10.0. The number of hydrogen-bond acceptors (Lipinski definition) is 2. The highest BCUT2D eigenvalue weighted by Gasteiger charge is 2.04. The Morgan fingerprint density at radius 1 is 1.82 bits per heavy atom. The number of rotatable bonds is 3. The summed E-state index contributed by atoms with van der Waals surface area (Å²) in [5.74, 6) is 0. The number of H-pyrrole nitrogens is 1. The van der Waals surface area contributed by atoms with Crippen molar-refractivity contribution < 1.29 is 0 Å². The maximum Gasteiger partial charge on any atom is 0.0746 e. The fraction of sp³-hybridized carbons (Fsp3) is 0.286. The van der Waals surface area contributed by atoms with Crippen LogP contribution in [0.3, 0.4) is 0 Å². The van der Waals surface area contributed by atoms with E-state index in [1.165, 1.54) is 0 Å². The molecule has 0 spiro atoms. The van der Waals surface area contributed by atoms with Crippen LogP contribution in [0, 0.1) is 0 Å². The predicted octanol–water partition coefficient (Wildman–Crippen LogP) is 1.53. The first kappa shape index (κ1) is 8.49. The second-order valence-electron chi connectivity index (χ2n) is 2.24. The molecule has 0 fully saturated rings. The van der Waals surface area contributed by atoms with Crippen LogP contribution < -0.4 is 5.73 Å². The molecule has 11 heavy (non-hydrogen) atoms. The zero-order valence-electron chi connectivity index (χ0n) is 6.10. The lowest BCUT2D eigenvalue weighted by molar-refractivity contribution is 0.998. The Labute approximate surface area is 73.8 Å². The van der Waals surface area contributed by atoms with E-state index in [1.54, 1.807) is 6.20 Å². The van der Waals surface area contributed by atoms with Gasteiger partial charge in [0.2, 0.25) is 0 Å². The molecule has 0 radical (unpaired) electrons. The van der Waals surface area contributed by atoms with E-state index in [0.717, 1.165) is 22.2 Å². The fourth-order valence-corrected chi connectivity index (χ4v) is 1.29. The molecule has 1 aromatic rings. The summed E-state index contributed by atoms with van der Waals surface area (Å²) >= 11 is 3.34. The molecule has 3 N–H and O–H groups in total. The first-order valence-corrected chi connectivity index (χ1v) is 4.12. The van der Waals surface area contributed by atoms with Gasteiger partial charge in [-0.15, -0.1) is 0 Å². The van der Waals surface area contributed by atoms with Crippen molar-refractivity contribution in [2.75, 3.05) is 6.54 Å². The maximum atomic E-state index is 5.38. The Bertz CT molecular complexity index is 254. The van der Waals surface area contributed by atoms with Gasteiger partial charge in [0.05, 0.1) is 16.4 Å². The standard InChI is InChI=1S/C7H10BrN3/c1-5(2-3-9)7-6(8)4-10-11-7/h4H,1-3,9H2,(H,10,11). The second kappa shape index (κ2) is 3.69. The molecule has 0 saturated heterocycles. The summed E-state index contributed by atoms with van der Waals surface area (Å²) in [5.41, 5.74) is 7.30. The van der Waals surface area contributed by atoms with E-state index in [4.69, 9.17) is 5.73 Å². The molecule has 0 aromatic carbocycles. The molecule has 0 atom stereocenters. The molecule has 0 aliphatic carbocycles. The topological polar surface area (TPSA) is 54.7 Å². The zero-order valence-corrected chi connectivity index (χ0v) is 7.69. The highest BCUT2D eigenvalue weighted by Crippen LogP contribution is 2.21. The summed E-state index contributed by atoms with van der Waals surface area (Å²) < 4.78 is 0.941. The Morgan fingerprint density at radius 2 is 2.55 bits per heavy atom. The largest absolute Gasteiger partial charge is 0.330 e. The van der Waals surface area contributed by atoms with Crippen molar-refractivity contribution in [3.8, 4) is 0 Å². The fourth-order valence-electron chi connectivity index (χ4n) is 0.819. The van der Waals surface area contributed by atoms with E-state index in [9.17, 15) is 0 Å². The van der Waals surface area contributed by atoms with E-state index in [2.05, 4.69) is 32.7 Å². The van der Waals surface area contributed by atoms with Crippen LogP contribution in [0.25, 0.3) is 5.57 Å². The Kier molecular flexibility index (Phi) is 2.84. The summed E-state index contributed by atoms with van der Waals surface area (Å²) in [6.07, 6.45) is 2.50. The van der Waals surface area contributed by atoms with Gasteiger partial charge in [-0.2, -0.15) is 5.10 Å². The van der Waals surface area contributed by atoms with E-state index in [0.29, 0.717) is 6.54 Å². The zero-order chi connectivity index (χ0) is 8.27. The van der Waals surface area contributed by atoms with E-state index in [1.807, 2.05) is 0 Å². The van der Waals surface area contributed by atoms with Crippen LogP contribution in [0.2, 0.25) is 0 Å². The molecule has 0 unspecified atom stereocenters. The summed E-state index contributed by atoms with van der Waals surface area (Å²) in [6.45, 7) is 4.48. The summed E-state index contributed by atoms with van der Waals surface area (Å²) in [5, 5.41) is 6.69. The molecule has 60 valence electrons. The lowest BCUT2D eigenvalue weighted by Crippen LogP contribution is -1.99. The molecule has 1 aromatic heterocycles. The van der Waals surface area contributed by atoms with Crippen LogP contribution in [-0.2, 0) is 0 Å². The van der Waals surface area contributed by atoms with Crippen LogP contribution in [0.4, 0.5) is 0 Å². The molecule has 0 bridgehead atoms. The molecule has 0 aliphatic rings. The molecule has 3 nitrogen and oxygen atoms in total. The van der Waals surface area contributed by atoms with Gasteiger partial charge in [0.1, 0.15) is 0 Å². The minimum absolute atomic E-state index is 0.615. The summed E-state index contributed by atoms with van der Waals surface area (Å²) in [6, 6.07) is 0. The number of hydrogen-bond donors (Lipinski definition) is 2. The lowest BCUT2D eigenvalue weighted by atomic mass is 10.1. The minimum Gasteiger partial charge on any atom is -0.330 e. The number of aromatic nitrogens is 2. The predicted molar refractivity (Wildman–Crippen MR) is 49.0 cm³/mol. The minimum atomic E-state index is 0.615. The van der Waals surface area contributed by atoms with Crippen molar-refractivity contribution in [1.29, 1.82) is 0 Å². The molecule has 4 heteroatoms. The average molecular weight is 216 g/mol. The van der Waals surface area contributed by atoms with Gasteiger partial charge in [-0.3, -0.25) is 5.10 Å². The van der Waals surface area contributed by atoms with Gasteiger partial charge in [-0.1, -0.05) is 6.58 Å². The van der Waals surface area contributed by atoms with Crippen molar-refractivity contribution in [3.63, 3.8) is 0 Å². The van der Waals surface area contributed by atoms with Crippen LogP contribution in [0.1, 0.15) is 12.1 Å². The van der Waals surface area contributed by atoms with E-state index < -0.39 is 0 Å². The van der Waals surface area contributed by atoms with Crippen LogP contribution in [0.5, 0.6) is 0 Å². The highest BCUT2D eigenvalue weighted by atomic mass is 79.9. The highest BCUT2D eigenvalue weighted by molar-refractivity contribution is 9.10. The van der Waals surface area contributed by atoms with Crippen molar-refractivity contribution in [1.82, 2.24) is 10.2 Å². The molecule has 0 aliphatic heterocycles. The van der Waals surface area contributed by atoms with Crippen molar-refractivity contribution >= 4 is 21.5 Å². The van der Waals surface area contributed by atoms with Gasteiger partial charge in [0.25, 0.3) is 0 Å². The van der Waals surface area contributed by atoms with Crippen LogP contribution in [0.15, 0.2) is 17.2 Å². The smallest absolute Gasteiger partial charge is 0.0746 e. The number of halogens is 1. The first-order chi connectivity index (χ1) is 5.25. The van der Waals surface area contributed by atoms with Gasteiger partial charge in [-0.25, -0.2) is 0 Å². The number of nitrogens with zero attached hydrogens (tertiary/aromatic N) is 1. The Morgan fingerprint density at radius 3 is 3.00 bits per heavy atom. The monoisotopic (exact) mass is 215 g/mol. The van der Waals surface area contributed by atoms with Gasteiger partial charge < -0.3 is 5.73 Å². The third kappa shape index (κ3) is 1.91. The number of nitrogens with two attached hydrogens (primary N) is 1. The molecule has 0 amide bonds. The number of nitrogens with one attached hydrogen (secondary N) is 1. The average Bonchev–Trinajstić information content (AvgIpc) is 2.36. The molecule has 1 heterocycles. The Hall–Kier alpha value is -0.610. The van der Waals surface area contributed by atoms with Crippen LogP contribution in [-0.4, -0.2) is 16.7 Å². The second-order valence-corrected chi connectivity index (χ2v) is 3.09. The first-order valence-electron chi connectivity index (χ1n) is 3.32. The lowest BCUT2D eigenvalue weighted by Gasteiger charge is -1.99. The molecular formula is C7H10BrN3. The Balaban J connectivity index is 2.76. The molecule has 1 rings (SSSR count). The number of aromatic amines is 1. The van der Waals surface area contributed by atoms with Crippen LogP contribution >= 0.6 is 15.9 Å². The van der Waals surface area contributed by atoms with E-state index in [-0.39, 0.29) is 0 Å². The van der Waals surface area contributed by atoms with Gasteiger partial charge >= 0.3 is 0 Å². The third-order valence-corrected chi connectivity index (χ3v) is 1.99. The maximum absolute atomic E-state index is 5.38. The van der Waals surface area contributed by atoms with Gasteiger partial charge in [0, 0.05) is 0 Å². The van der Waals surface area contributed by atoms with E-state index >= 15 is 0 Å². The van der Waals surface area contributed by atoms with Gasteiger partial charge in [-0.05, 0) is 34.5 Å². The van der Waals surface area contributed by atoms with Gasteiger partial charge in [0.15, 0.2) is 0 Å². The summed E-state index contributed by atoms with van der Waals surface area (Å²) in [7, 11) is 0. The quantitative estimate of drug-likeness (QED) is 0.804. The van der Waals surface area contributed by atoms with Crippen molar-refractivity contribution in [2.45, 2.75) is 6.42 Å². The third-order valence-electron chi connectivity index (χ3n) is 1.39. The molecule has 0 saturated carbocycles. The molecular weight excluding hydrogens is 206 g/mol.